The SMILES string of the molecule is CCOc1ccc(-c2ccc(CC3C=NC(c4ccccc4F)=N3)nn2)c(C(F)(F)F)c1. The smallest absolute Gasteiger partial charge is 0.417 e. The minimum absolute atomic E-state index is 0.0812. The summed E-state index contributed by atoms with van der Waals surface area (Å²) < 4.78 is 59.8. The van der Waals surface area contributed by atoms with Crippen molar-refractivity contribution >= 4 is 12.1 Å². The number of ether oxygens (including phenoxy) is 1. The average molecular weight is 442 g/mol. The van der Waals surface area contributed by atoms with E-state index in [-0.39, 0.29) is 29.7 Å². The number of hydrogen-bond donors (Lipinski definition) is 0. The van der Waals surface area contributed by atoms with Crippen LogP contribution in [0.4, 0.5) is 17.6 Å². The molecule has 32 heavy (non-hydrogen) atoms. The van der Waals surface area contributed by atoms with E-state index in [2.05, 4.69) is 20.2 Å². The van der Waals surface area contributed by atoms with Crippen molar-refractivity contribution in [1.82, 2.24) is 10.2 Å². The molecule has 3 aromatic rings. The Balaban J connectivity index is 1.53. The first kappa shape index (κ1) is 21.6. The second kappa shape index (κ2) is 8.86. The first-order chi connectivity index (χ1) is 15.3. The van der Waals surface area contributed by atoms with E-state index in [4.69, 9.17) is 4.74 Å². The standard InChI is InChI=1S/C23H18F4N4O/c1-2-32-16-8-9-17(19(12-16)23(25,26)27)21-10-7-14(30-31-21)11-15-13-28-22(29-15)18-5-3-4-6-20(18)24/h3-10,12-13,15H,2,11H2,1H3. The van der Waals surface area contributed by atoms with Gasteiger partial charge in [-0.3, -0.25) is 4.99 Å². The van der Waals surface area contributed by atoms with Crippen LogP contribution < -0.4 is 4.74 Å². The molecule has 2 aromatic carbocycles. The molecule has 0 fully saturated rings. The highest BCUT2D eigenvalue weighted by molar-refractivity contribution is 6.07. The molecule has 0 amide bonds. The molecule has 2 heterocycles. The van der Waals surface area contributed by atoms with Gasteiger partial charge in [0.05, 0.1) is 35.2 Å². The predicted molar refractivity (Wildman–Crippen MR) is 113 cm³/mol. The van der Waals surface area contributed by atoms with E-state index in [1.807, 2.05) is 0 Å². The number of hydrogen-bond acceptors (Lipinski definition) is 5. The van der Waals surface area contributed by atoms with E-state index in [0.717, 1.165) is 6.07 Å². The zero-order chi connectivity index (χ0) is 22.7. The van der Waals surface area contributed by atoms with Crippen molar-refractivity contribution in [2.75, 3.05) is 6.61 Å². The molecule has 0 saturated heterocycles. The summed E-state index contributed by atoms with van der Waals surface area (Å²) >= 11 is 0. The third kappa shape index (κ3) is 4.66. The summed E-state index contributed by atoms with van der Waals surface area (Å²) in [4.78, 5) is 8.56. The molecule has 0 bridgehead atoms. The minimum atomic E-state index is -4.57. The van der Waals surface area contributed by atoms with Crippen molar-refractivity contribution in [3.8, 4) is 17.0 Å². The normalized spacial score (nSPS) is 15.7. The van der Waals surface area contributed by atoms with Gasteiger partial charge in [-0.15, -0.1) is 0 Å². The molecule has 1 aliphatic heterocycles. The maximum atomic E-state index is 13.9. The summed E-state index contributed by atoms with van der Waals surface area (Å²) in [6.45, 7) is 1.96. The van der Waals surface area contributed by atoms with Gasteiger partial charge in [0.1, 0.15) is 11.6 Å². The second-order valence-corrected chi connectivity index (χ2v) is 7.03. The maximum absolute atomic E-state index is 13.9. The van der Waals surface area contributed by atoms with E-state index in [1.54, 1.807) is 37.4 Å². The van der Waals surface area contributed by atoms with Gasteiger partial charge in [-0.1, -0.05) is 12.1 Å². The largest absolute Gasteiger partial charge is 0.494 e. The van der Waals surface area contributed by atoms with Gasteiger partial charge in [0.2, 0.25) is 0 Å². The monoisotopic (exact) mass is 442 g/mol. The van der Waals surface area contributed by atoms with Crippen molar-refractivity contribution in [2.45, 2.75) is 25.6 Å². The molecule has 1 aromatic heterocycles. The summed E-state index contributed by atoms with van der Waals surface area (Å²) in [6.07, 6.45) is -2.64. The van der Waals surface area contributed by atoms with Crippen LogP contribution in [-0.4, -0.2) is 34.9 Å². The zero-order valence-electron chi connectivity index (χ0n) is 17.0. The van der Waals surface area contributed by atoms with E-state index in [1.165, 1.54) is 24.3 Å². The highest BCUT2D eigenvalue weighted by atomic mass is 19.4. The average Bonchev–Trinajstić information content (AvgIpc) is 3.22. The Morgan fingerprint density at radius 3 is 2.47 bits per heavy atom. The van der Waals surface area contributed by atoms with Gasteiger partial charge >= 0.3 is 6.18 Å². The lowest BCUT2D eigenvalue weighted by Gasteiger charge is -2.14. The molecule has 9 heteroatoms. The molecular weight excluding hydrogens is 424 g/mol. The van der Waals surface area contributed by atoms with Crippen molar-refractivity contribution in [1.29, 1.82) is 0 Å². The predicted octanol–water partition coefficient (Wildman–Crippen LogP) is 5.14. The summed E-state index contributed by atoms with van der Waals surface area (Å²) in [5, 5.41) is 8.05. The number of benzene rings is 2. The van der Waals surface area contributed by atoms with Crippen molar-refractivity contribution in [3.63, 3.8) is 0 Å². The number of amidine groups is 1. The van der Waals surface area contributed by atoms with Gasteiger partial charge in [-0.25, -0.2) is 9.38 Å². The molecule has 0 N–H and O–H groups in total. The van der Waals surface area contributed by atoms with E-state index < -0.39 is 17.6 Å². The van der Waals surface area contributed by atoms with Crippen LogP contribution in [0.25, 0.3) is 11.3 Å². The van der Waals surface area contributed by atoms with Crippen LogP contribution in [-0.2, 0) is 12.6 Å². The minimum Gasteiger partial charge on any atom is -0.494 e. The quantitative estimate of drug-likeness (QED) is 0.497. The number of halogens is 4. The summed E-state index contributed by atoms with van der Waals surface area (Å²) in [5.74, 6) is 0.0168. The first-order valence-corrected chi connectivity index (χ1v) is 9.89. The van der Waals surface area contributed by atoms with Crippen LogP contribution in [0.5, 0.6) is 5.75 Å². The van der Waals surface area contributed by atoms with E-state index in [9.17, 15) is 17.6 Å². The molecule has 0 aliphatic carbocycles. The van der Waals surface area contributed by atoms with Crippen LogP contribution in [0.15, 0.2) is 64.6 Å². The van der Waals surface area contributed by atoms with Gasteiger partial charge in [0, 0.05) is 18.2 Å². The highest BCUT2D eigenvalue weighted by Crippen LogP contribution is 2.38. The first-order valence-electron chi connectivity index (χ1n) is 9.89. The third-order valence-electron chi connectivity index (χ3n) is 4.79. The fourth-order valence-electron chi connectivity index (χ4n) is 3.32. The number of alkyl halides is 3. The third-order valence-corrected chi connectivity index (χ3v) is 4.79. The maximum Gasteiger partial charge on any atom is 0.417 e. The Morgan fingerprint density at radius 2 is 1.78 bits per heavy atom. The highest BCUT2D eigenvalue weighted by Gasteiger charge is 2.34. The molecule has 0 radical (unpaired) electrons. The van der Waals surface area contributed by atoms with Gasteiger partial charge in [0.25, 0.3) is 0 Å². The lowest BCUT2D eigenvalue weighted by atomic mass is 10.0. The molecule has 1 aliphatic rings. The van der Waals surface area contributed by atoms with Gasteiger partial charge in [-0.2, -0.15) is 23.4 Å². The Bertz CT molecular complexity index is 1170. The fraction of sp³-hybridized carbons (Fsp3) is 0.217. The molecule has 4 rings (SSSR count). The molecule has 1 unspecified atom stereocenters. The lowest BCUT2D eigenvalue weighted by Crippen LogP contribution is -2.11. The number of nitrogens with zero attached hydrogens (tertiary/aromatic N) is 4. The molecule has 0 spiro atoms. The zero-order valence-corrected chi connectivity index (χ0v) is 17.0. The number of aliphatic imine (C=N–C) groups is 2. The molecular formula is C23H18F4N4O. The van der Waals surface area contributed by atoms with Crippen LogP contribution in [0.1, 0.15) is 23.7 Å². The molecule has 1 atom stereocenters. The Kier molecular flexibility index (Phi) is 5.98. The Labute approximate surface area is 181 Å². The fourth-order valence-corrected chi connectivity index (χ4v) is 3.32. The molecule has 5 nitrogen and oxygen atoms in total. The van der Waals surface area contributed by atoms with Crippen molar-refractivity contribution < 1.29 is 22.3 Å². The summed E-state index contributed by atoms with van der Waals surface area (Å²) in [5.41, 5.74) is 0.0145. The summed E-state index contributed by atoms with van der Waals surface area (Å²) in [7, 11) is 0. The van der Waals surface area contributed by atoms with Gasteiger partial charge < -0.3 is 4.74 Å². The molecule has 0 saturated carbocycles. The Morgan fingerprint density at radius 1 is 0.969 bits per heavy atom. The molecule has 164 valence electrons. The van der Waals surface area contributed by atoms with Gasteiger partial charge in [-0.05, 0) is 49.4 Å². The van der Waals surface area contributed by atoms with Crippen LogP contribution >= 0.6 is 0 Å². The topological polar surface area (TPSA) is 59.7 Å². The lowest BCUT2D eigenvalue weighted by molar-refractivity contribution is -0.137. The van der Waals surface area contributed by atoms with E-state index in [0.29, 0.717) is 23.5 Å². The van der Waals surface area contributed by atoms with E-state index >= 15 is 0 Å². The number of aromatic nitrogens is 2. The summed E-state index contributed by atoms with van der Waals surface area (Å²) in [6, 6.07) is 12.7. The van der Waals surface area contributed by atoms with Crippen LogP contribution in [0.2, 0.25) is 0 Å². The van der Waals surface area contributed by atoms with Crippen molar-refractivity contribution in [2.24, 2.45) is 9.98 Å². The van der Waals surface area contributed by atoms with Crippen LogP contribution in [0, 0.1) is 5.82 Å². The van der Waals surface area contributed by atoms with Crippen LogP contribution in [0.3, 0.4) is 0 Å². The number of rotatable bonds is 6. The second-order valence-electron chi connectivity index (χ2n) is 7.03. The van der Waals surface area contributed by atoms with Crippen molar-refractivity contribution in [3.05, 3.63) is 77.2 Å². The van der Waals surface area contributed by atoms with Gasteiger partial charge in [0.15, 0.2) is 5.84 Å². The Hall–Kier alpha value is -3.62.